The predicted octanol–water partition coefficient (Wildman–Crippen LogP) is 4.55. The lowest BCUT2D eigenvalue weighted by atomic mass is 9.99. The van der Waals surface area contributed by atoms with Crippen molar-refractivity contribution in [1.29, 1.82) is 0 Å². The van der Waals surface area contributed by atoms with Crippen molar-refractivity contribution in [2.24, 2.45) is 0 Å². The van der Waals surface area contributed by atoms with Gasteiger partial charge in [-0.1, -0.05) is 44.2 Å². The highest BCUT2D eigenvalue weighted by Gasteiger charge is 2.21. The molecule has 1 heterocycles. The third-order valence-electron chi connectivity index (χ3n) is 5.03. The number of amides is 2. The van der Waals surface area contributed by atoms with Crippen molar-refractivity contribution in [2.45, 2.75) is 26.2 Å². The topological polar surface area (TPSA) is 35.6 Å². The van der Waals surface area contributed by atoms with Crippen molar-refractivity contribution in [3.63, 3.8) is 0 Å². The van der Waals surface area contributed by atoms with Gasteiger partial charge in [-0.3, -0.25) is 0 Å². The van der Waals surface area contributed by atoms with Crippen LogP contribution in [0.4, 0.5) is 16.2 Å². The van der Waals surface area contributed by atoms with E-state index in [2.05, 4.69) is 60.5 Å². The molecule has 1 N–H and O–H groups in total. The molecule has 2 aromatic rings. The summed E-state index contributed by atoms with van der Waals surface area (Å²) in [5, 5.41) is 3.02. The van der Waals surface area contributed by atoms with Crippen LogP contribution in [0.3, 0.4) is 0 Å². The monoisotopic (exact) mass is 337 g/mol. The van der Waals surface area contributed by atoms with Crippen LogP contribution in [-0.2, 0) is 0 Å². The molecule has 3 rings (SSSR count). The van der Waals surface area contributed by atoms with Crippen molar-refractivity contribution in [2.75, 3.05) is 36.4 Å². The Kier molecular flexibility index (Phi) is 5.59. The number of anilines is 2. The summed E-state index contributed by atoms with van der Waals surface area (Å²) >= 11 is 0. The summed E-state index contributed by atoms with van der Waals surface area (Å²) < 4.78 is 0. The van der Waals surface area contributed by atoms with Crippen LogP contribution in [0.25, 0.3) is 0 Å². The molecular weight excluding hydrogens is 310 g/mol. The van der Waals surface area contributed by atoms with E-state index in [0.717, 1.165) is 38.3 Å². The van der Waals surface area contributed by atoms with Crippen LogP contribution in [0.15, 0.2) is 54.6 Å². The van der Waals surface area contributed by atoms with Crippen LogP contribution in [0.5, 0.6) is 0 Å². The fourth-order valence-corrected chi connectivity index (χ4v) is 3.14. The van der Waals surface area contributed by atoms with E-state index in [4.69, 9.17) is 0 Å². The van der Waals surface area contributed by atoms with Gasteiger partial charge in [-0.05, 0) is 42.2 Å². The Morgan fingerprint density at radius 2 is 1.64 bits per heavy atom. The summed E-state index contributed by atoms with van der Waals surface area (Å²) in [5.41, 5.74) is 3.41. The smallest absolute Gasteiger partial charge is 0.321 e. The molecule has 1 atom stereocenters. The zero-order valence-corrected chi connectivity index (χ0v) is 15.1. The Labute approximate surface area is 150 Å². The van der Waals surface area contributed by atoms with Crippen LogP contribution in [0.2, 0.25) is 0 Å². The molecule has 4 nitrogen and oxygen atoms in total. The van der Waals surface area contributed by atoms with Gasteiger partial charge in [0.25, 0.3) is 0 Å². The van der Waals surface area contributed by atoms with Gasteiger partial charge in [0.05, 0.1) is 0 Å². The van der Waals surface area contributed by atoms with E-state index in [1.54, 1.807) is 0 Å². The number of rotatable bonds is 4. The Morgan fingerprint density at radius 3 is 2.24 bits per heavy atom. The van der Waals surface area contributed by atoms with Gasteiger partial charge in [-0.15, -0.1) is 0 Å². The molecule has 132 valence electrons. The Balaban J connectivity index is 1.53. The number of nitrogens with one attached hydrogen (secondary N) is 1. The molecule has 1 saturated heterocycles. The molecule has 0 unspecified atom stereocenters. The lowest BCUT2D eigenvalue weighted by molar-refractivity contribution is 0.208. The maximum Gasteiger partial charge on any atom is 0.321 e. The van der Waals surface area contributed by atoms with Crippen LogP contribution in [-0.4, -0.2) is 37.1 Å². The number of piperazine rings is 1. The molecule has 25 heavy (non-hydrogen) atoms. The number of benzene rings is 2. The Hall–Kier alpha value is -2.49. The number of carbonyl (C=O) groups is 1. The molecule has 2 amide bonds. The molecule has 0 saturated carbocycles. The molecule has 0 radical (unpaired) electrons. The van der Waals surface area contributed by atoms with Gasteiger partial charge in [0, 0.05) is 37.6 Å². The molecule has 1 fully saturated rings. The van der Waals surface area contributed by atoms with Crippen LogP contribution < -0.4 is 10.2 Å². The number of para-hydroxylation sites is 1. The average molecular weight is 337 g/mol. The first kappa shape index (κ1) is 17.3. The molecule has 0 bridgehead atoms. The molecular formula is C21H27N3O. The number of carbonyl (C=O) groups excluding carboxylic acids is 1. The third kappa shape index (κ3) is 4.32. The molecule has 1 aliphatic rings. The highest BCUT2D eigenvalue weighted by atomic mass is 16.2. The zero-order chi connectivity index (χ0) is 17.6. The van der Waals surface area contributed by atoms with Crippen molar-refractivity contribution in [3.05, 3.63) is 60.2 Å². The lowest BCUT2D eigenvalue weighted by Gasteiger charge is -2.36. The van der Waals surface area contributed by atoms with E-state index >= 15 is 0 Å². The van der Waals surface area contributed by atoms with Crippen LogP contribution in [0.1, 0.15) is 31.7 Å². The van der Waals surface area contributed by atoms with E-state index in [1.807, 2.05) is 23.1 Å². The van der Waals surface area contributed by atoms with Gasteiger partial charge in [0.1, 0.15) is 0 Å². The Bertz CT molecular complexity index is 676. The second-order valence-electron chi connectivity index (χ2n) is 6.67. The first-order chi connectivity index (χ1) is 12.2. The first-order valence-electron chi connectivity index (χ1n) is 9.13. The maximum atomic E-state index is 12.5. The molecule has 0 aromatic heterocycles. The number of hydrogen-bond donors (Lipinski definition) is 1. The minimum atomic E-state index is -0.0102. The minimum Gasteiger partial charge on any atom is -0.368 e. The van der Waals surface area contributed by atoms with Gasteiger partial charge in [0.15, 0.2) is 0 Å². The normalized spacial score (nSPS) is 15.8. The van der Waals surface area contributed by atoms with Crippen molar-refractivity contribution in [3.8, 4) is 0 Å². The average Bonchev–Trinajstić information content (AvgIpc) is 2.68. The first-order valence-corrected chi connectivity index (χ1v) is 9.13. The zero-order valence-electron chi connectivity index (χ0n) is 15.1. The summed E-state index contributed by atoms with van der Waals surface area (Å²) in [7, 11) is 0. The number of hydrogen-bond acceptors (Lipinski definition) is 2. The molecule has 0 spiro atoms. The fourth-order valence-electron chi connectivity index (χ4n) is 3.14. The van der Waals surface area contributed by atoms with Crippen molar-refractivity contribution >= 4 is 17.4 Å². The van der Waals surface area contributed by atoms with Gasteiger partial charge in [-0.2, -0.15) is 0 Å². The second-order valence-corrected chi connectivity index (χ2v) is 6.67. The minimum absolute atomic E-state index is 0.0102. The van der Waals surface area contributed by atoms with E-state index in [9.17, 15) is 4.79 Å². The van der Waals surface area contributed by atoms with E-state index in [1.165, 1.54) is 11.3 Å². The number of nitrogens with zero attached hydrogens (tertiary/aromatic N) is 2. The van der Waals surface area contributed by atoms with Gasteiger partial charge >= 0.3 is 6.03 Å². The van der Waals surface area contributed by atoms with Crippen molar-refractivity contribution < 1.29 is 4.79 Å². The third-order valence-corrected chi connectivity index (χ3v) is 5.03. The predicted molar refractivity (Wildman–Crippen MR) is 104 cm³/mol. The summed E-state index contributed by atoms with van der Waals surface area (Å²) in [6.07, 6.45) is 1.12. The van der Waals surface area contributed by atoms with Crippen LogP contribution in [0, 0.1) is 0 Å². The van der Waals surface area contributed by atoms with Crippen molar-refractivity contribution in [1.82, 2.24) is 4.90 Å². The molecule has 1 aliphatic heterocycles. The Morgan fingerprint density at radius 1 is 1.00 bits per heavy atom. The summed E-state index contributed by atoms with van der Waals surface area (Å²) in [6.45, 7) is 7.63. The SMILES string of the molecule is CC[C@H](C)c1ccc(NC(=O)N2CCN(c3ccccc3)CC2)cc1. The largest absolute Gasteiger partial charge is 0.368 e. The highest BCUT2D eigenvalue weighted by molar-refractivity contribution is 5.89. The van der Waals surface area contributed by atoms with E-state index in [-0.39, 0.29) is 6.03 Å². The summed E-state index contributed by atoms with van der Waals surface area (Å²) in [5.74, 6) is 0.552. The molecule has 2 aromatic carbocycles. The fraction of sp³-hybridized carbons (Fsp3) is 0.381. The molecule has 0 aliphatic carbocycles. The maximum absolute atomic E-state index is 12.5. The second kappa shape index (κ2) is 8.06. The summed E-state index contributed by atoms with van der Waals surface area (Å²) in [4.78, 5) is 16.7. The van der Waals surface area contributed by atoms with E-state index < -0.39 is 0 Å². The summed E-state index contributed by atoms with van der Waals surface area (Å²) in [6, 6.07) is 18.6. The highest BCUT2D eigenvalue weighted by Crippen LogP contribution is 2.21. The van der Waals surface area contributed by atoms with Crippen LogP contribution >= 0.6 is 0 Å². The molecule has 4 heteroatoms. The van der Waals surface area contributed by atoms with Gasteiger partial charge < -0.3 is 15.1 Å². The standard InChI is InChI=1S/C21H27N3O/c1-3-17(2)18-9-11-19(12-10-18)22-21(25)24-15-13-23(14-16-24)20-7-5-4-6-8-20/h4-12,17H,3,13-16H2,1-2H3,(H,22,25)/t17-/m0/s1. The lowest BCUT2D eigenvalue weighted by Crippen LogP contribution is -2.50. The van der Waals surface area contributed by atoms with E-state index in [0.29, 0.717) is 5.92 Å². The van der Waals surface area contributed by atoms with Gasteiger partial charge in [-0.25, -0.2) is 4.79 Å². The quantitative estimate of drug-likeness (QED) is 0.888. The van der Waals surface area contributed by atoms with Gasteiger partial charge in [0.2, 0.25) is 0 Å². The number of urea groups is 1.